The maximum absolute atomic E-state index is 13.1. The van der Waals surface area contributed by atoms with Crippen molar-refractivity contribution in [2.75, 3.05) is 12.4 Å². The first-order valence-corrected chi connectivity index (χ1v) is 11.9. The Morgan fingerprint density at radius 1 is 1.03 bits per heavy atom. The standard InChI is InChI=1S/C23H22Cl2N2O4S/c1-15-13-17(11-12-21(15)31-2)32(29,30)27-20(14-16-7-4-3-5-8-16)23(28)26-19-10-6-9-18(24)22(19)25/h3-13,20,27H,14H2,1-2H3,(H,26,28)/t20-/m0/s1. The summed E-state index contributed by atoms with van der Waals surface area (Å²) < 4.78 is 33.9. The van der Waals surface area contributed by atoms with Crippen LogP contribution in [0.25, 0.3) is 0 Å². The van der Waals surface area contributed by atoms with Crippen molar-refractivity contribution in [1.29, 1.82) is 0 Å². The zero-order chi connectivity index (χ0) is 23.3. The van der Waals surface area contributed by atoms with Gasteiger partial charge in [0.2, 0.25) is 15.9 Å². The molecule has 0 aromatic heterocycles. The third kappa shape index (κ3) is 5.81. The van der Waals surface area contributed by atoms with E-state index in [0.717, 1.165) is 5.56 Å². The molecular formula is C23H22Cl2N2O4S. The predicted octanol–water partition coefficient (Wildman–Crippen LogP) is 4.84. The van der Waals surface area contributed by atoms with Gasteiger partial charge in [0.1, 0.15) is 11.8 Å². The summed E-state index contributed by atoms with van der Waals surface area (Å²) in [6.07, 6.45) is 0.138. The average Bonchev–Trinajstić information content (AvgIpc) is 2.77. The third-order valence-electron chi connectivity index (χ3n) is 4.78. The fraction of sp³-hybridized carbons (Fsp3) is 0.174. The molecule has 0 radical (unpaired) electrons. The molecule has 3 aromatic rings. The van der Waals surface area contributed by atoms with Gasteiger partial charge in [0, 0.05) is 0 Å². The van der Waals surface area contributed by atoms with E-state index in [4.69, 9.17) is 27.9 Å². The molecule has 0 aliphatic carbocycles. The van der Waals surface area contributed by atoms with Gasteiger partial charge in [-0.15, -0.1) is 0 Å². The molecule has 3 rings (SSSR count). The molecule has 0 spiro atoms. The number of methoxy groups -OCH3 is 1. The molecule has 0 heterocycles. The molecular weight excluding hydrogens is 471 g/mol. The van der Waals surface area contributed by atoms with Gasteiger partial charge in [-0.05, 0) is 54.8 Å². The molecule has 1 amide bonds. The van der Waals surface area contributed by atoms with Gasteiger partial charge in [0.05, 0.1) is 27.7 Å². The summed E-state index contributed by atoms with van der Waals surface area (Å²) in [4.78, 5) is 13.1. The van der Waals surface area contributed by atoms with E-state index in [9.17, 15) is 13.2 Å². The number of nitrogens with one attached hydrogen (secondary N) is 2. The van der Waals surface area contributed by atoms with Gasteiger partial charge in [0.15, 0.2) is 0 Å². The maximum atomic E-state index is 13.1. The summed E-state index contributed by atoms with van der Waals surface area (Å²) in [6.45, 7) is 1.74. The minimum atomic E-state index is -4.01. The monoisotopic (exact) mass is 492 g/mol. The van der Waals surface area contributed by atoms with E-state index < -0.39 is 22.0 Å². The van der Waals surface area contributed by atoms with Gasteiger partial charge in [0.25, 0.3) is 0 Å². The summed E-state index contributed by atoms with van der Waals surface area (Å²) in [6, 6.07) is 17.3. The van der Waals surface area contributed by atoms with Crippen LogP contribution in [0.3, 0.4) is 0 Å². The molecule has 0 saturated heterocycles. The number of benzene rings is 3. The summed E-state index contributed by atoms with van der Waals surface area (Å²) in [5.74, 6) is 0.00459. The van der Waals surface area contributed by atoms with Crippen LogP contribution in [0.2, 0.25) is 10.0 Å². The van der Waals surface area contributed by atoms with Crippen molar-refractivity contribution >= 4 is 44.8 Å². The van der Waals surface area contributed by atoms with Crippen molar-refractivity contribution in [2.24, 2.45) is 0 Å². The van der Waals surface area contributed by atoms with Crippen LogP contribution < -0.4 is 14.8 Å². The third-order valence-corrected chi connectivity index (χ3v) is 7.07. The van der Waals surface area contributed by atoms with Crippen LogP contribution in [0.4, 0.5) is 5.69 Å². The highest BCUT2D eigenvalue weighted by atomic mass is 35.5. The Bertz CT molecular complexity index is 1220. The molecule has 6 nitrogen and oxygen atoms in total. The highest BCUT2D eigenvalue weighted by Gasteiger charge is 2.27. The second-order valence-electron chi connectivity index (χ2n) is 7.09. The number of amides is 1. The Labute approximate surface area is 197 Å². The molecule has 0 bridgehead atoms. The topological polar surface area (TPSA) is 84.5 Å². The molecule has 0 unspecified atom stereocenters. The SMILES string of the molecule is COc1ccc(S(=O)(=O)N[C@@H](Cc2ccccc2)C(=O)Nc2cccc(Cl)c2Cl)cc1C. The molecule has 0 aliphatic rings. The van der Waals surface area contributed by atoms with E-state index in [1.54, 1.807) is 31.2 Å². The quantitative estimate of drug-likeness (QED) is 0.471. The summed E-state index contributed by atoms with van der Waals surface area (Å²) >= 11 is 12.2. The lowest BCUT2D eigenvalue weighted by Crippen LogP contribution is -2.45. The summed E-state index contributed by atoms with van der Waals surface area (Å²) in [5, 5.41) is 3.12. The van der Waals surface area contributed by atoms with Crippen LogP contribution in [-0.2, 0) is 21.2 Å². The Hall–Kier alpha value is -2.58. The maximum Gasteiger partial charge on any atom is 0.242 e. The number of halogens is 2. The minimum Gasteiger partial charge on any atom is -0.496 e. The van der Waals surface area contributed by atoms with Crippen molar-refractivity contribution in [3.05, 3.63) is 87.9 Å². The molecule has 168 valence electrons. The number of hydrogen-bond donors (Lipinski definition) is 2. The first-order valence-electron chi connectivity index (χ1n) is 9.67. The molecule has 0 saturated carbocycles. The number of aryl methyl sites for hydroxylation is 1. The molecule has 3 aromatic carbocycles. The average molecular weight is 493 g/mol. The fourth-order valence-electron chi connectivity index (χ4n) is 3.13. The smallest absolute Gasteiger partial charge is 0.242 e. The van der Waals surface area contributed by atoms with Gasteiger partial charge in [-0.3, -0.25) is 4.79 Å². The first kappa shape index (κ1) is 24.1. The number of anilines is 1. The number of carbonyl (C=O) groups excluding carboxylic acids is 1. The predicted molar refractivity (Wildman–Crippen MR) is 127 cm³/mol. The lowest BCUT2D eigenvalue weighted by molar-refractivity contribution is -0.117. The minimum absolute atomic E-state index is 0.0300. The fourth-order valence-corrected chi connectivity index (χ4v) is 4.76. The van der Waals surface area contributed by atoms with E-state index >= 15 is 0 Å². The molecule has 0 aliphatic heterocycles. The van der Waals surface area contributed by atoms with E-state index in [0.29, 0.717) is 17.0 Å². The van der Waals surface area contributed by atoms with Crippen LogP contribution in [0.15, 0.2) is 71.6 Å². The van der Waals surface area contributed by atoms with Crippen molar-refractivity contribution in [2.45, 2.75) is 24.3 Å². The van der Waals surface area contributed by atoms with E-state index in [1.807, 2.05) is 30.3 Å². The molecule has 1 atom stereocenters. The van der Waals surface area contributed by atoms with Gasteiger partial charge in [-0.2, -0.15) is 4.72 Å². The summed E-state index contributed by atoms with van der Waals surface area (Å²) in [7, 11) is -2.50. The Kier molecular flexibility index (Phi) is 7.79. The van der Waals surface area contributed by atoms with E-state index in [1.165, 1.54) is 19.2 Å². The molecule has 2 N–H and O–H groups in total. The van der Waals surface area contributed by atoms with E-state index in [2.05, 4.69) is 10.0 Å². The van der Waals surface area contributed by atoms with Crippen LogP contribution >= 0.6 is 23.2 Å². The van der Waals surface area contributed by atoms with Crippen LogP contribution in [0.5, 0.6) is 5.75 Å². The number of hydrogen-bond acceptors (Lipinski definition) is 4. The second kappa shape index (κ2) is 10.4. The highest BCUT2D eigenvalue weighted by molar-refractivity contribution is 7.89. The largest absolute Gasteiger partial charge is 0.496 e. The van der Waals surface area contributed by atoms with Crippen molar-refractivity contribution in [3.8, 4) is 5.75 Å². The number of carbonyl (C=O) groups is 1. The summed E-state index contributed by atoms with van der Waals surface area (Å²) in [5.41, 5.74) is 1.74. The lowest BCUT2D eigenvalue weighted by atomic mass is 10.1. The zero-order valence-electron chi connectivity index (χ0n) is 17.4. The Balaban J connectivity index is 1.90. The Morgan fingerprint density at radius 3 is 2.41 bits per heavy atom. The van der Waals surface area contributed by atoms with Gasteiger partial charge in [-0.1, -0.05) is 59.6 Å². The Morgan fingerprint density at radius 2 is 1.75 bits per heavy atom. The normalized spacial score (nSPS) is 12.2. The van der Waals surface area contributed by atoms with Crippen molar-refractivity contribution in [1.82, 2.24) is 4.72 Å². The number of rotatable bonds is 8. The van der Waals surface area contributed by atoms with Gasteiger partial charge < -0.3 is 10.1 Å². The van der Waals surface area contributed by atoms with Crippen LogP contribution in [0, 0.1) is 6.92 Å². The van der Waals surface area contributed by atoms with Crippen molar-refractivity contribution in [3.63, 3.8) is 0 Å². The number of sulfonamides is 1. The van der Waals surface area contributed by atoms with Gasteiger partial charge in [-0.25, -0.2) is 8.42 Å². The molecule has 0 fully saturated rings. The lowest BCUT2D eigenvalue weighted by Gasteiger charge is -2.20. The van der Waals surface area contributed by atoms with Gasteiger partial charge >= 0.3 is 0 Å². The second-order valence-corrected chi connectivity index (χ2v) is 9.58. The number of ether oxygens (including phenoxy) is 1. The highest BCUT2D eigenvalue weighted by Crippen LogP contribution is 2.30. The van der Waals surface area contributed by atoms with Crippen molar-refractivity contribution < 1.29 is 17.9 Å². The molecule has 32 heavy (non-hydrogen) atoms. The molecule has 9 heteroatoms. The van der Waals surface area contributed by atoms with Crippen LogP contribution in [-0.4, -0.2) is 27.5 Å². The van der Waals surface area contributed by atoms with E-state index in [-0.39, 0.29) is 21.4 Å². The first-order chi connectivity index (χ1) is 15.2. The zero-order valence-corrected chi connectivity index (χ0v) is 19.8. The van der Waals surface area contributed by atoms with Crippen LogP contribution in [0.1, 0.15) is 11.1 Å².